The minimum atomic E-state index is -0.393. The normalized spacial score (nSPS) is 22.6. The van der Waals surface area contributed by atoms with Crippen LogP contribution in [0, 0.1) is 5.82 Å². The van der Waals surface area contributed by atoms with Crippen LogP contribution < -0.4 is 0 Å². The number of pyridine rings is 1. The Morgan fingerprint density at radius 3 is 3.00 bits per heavy atom. The van der Waals surface area contributed by atoms with Crippen LogP contribution >= 0.6 is 0 Å². The Bertz CT molecular complexity index is 821. The summed E-state index contributed by atoms with van der Waals surface area (Å²) in [5, 5.41) is 0. The highest BCUT2D eigenvalue weighted by Gasteiger charge is 2.42. The van der Waals surface area contributed by atoms with E-state index < -0.39 is 5.82 Å². The summed E-state index contributed by atoms with van der Waals surface area (Å²) in [5.74, 6) is -0.535. The molecule has 3 heterocycles. The number of amides is 1. The quantitative estimate of drug-likeness (QED) is 0.839. The molecule has 1 fully saturated rings. The molecule has 1 aromatic heterocycles. The fraction of sp³-hybridized carbons (Fsp3) is 0.300. The molecule has 0 N–H and O–H groups in total. The molecule has 4 nitrogen and oxygen atoms in total. The topological polar surface area (TPSA) is 42.4 Å². The van der Waals surface area contributed by atoms with E-state index in [9.17, 15) is 9.18 Å². The summed E-state index contributed by atoms with van der Waals surface area (Å²) in [7, 11) is 0. The van der Waals surface area contributed by atoms with Crippen LogP contribution in [-0.2, 0) is 4.74 Å². The van der Waals surface area contributed by atoms with Gasteiger partial charge in [-0.1, -0.05) is 12.1 Å². The molecular weight excluding hydrogens is 319 g/mol. The Hall–Kier alpha value is -2.69. The summed E-state index contributed by atoms with van der Waals surface area (Å²) in [6, 6.07) is 9.77. The van der Waals surface area contributed by atoms with Gasteiger partial charge in [0.1, 0.15) is 11.4 Å². The molecule has 0 aliphatic carbocycles. The van der Waals surface area contributed by atoms with Gasteiger partial charge in [-0.2, -0.15) is 0 Å². The Labute approximate surface area is 145 Å². The molecule has 1 unspecified atom stereocenters. The molecule has 128 valence electrons. The van der Waals surface area contributed by atoms with E-state index in [2.05, 4.69) is 4.98 Å². The number of benzene rings is 1. The first-order valence-corrected chi connectivity index (χ1v) is 8.47. The van der Waals surface area contributed by atoms with Crippen molar-refractivity contribution in [2.45, 2.75) is 24.9 Å². The predicted octanol–water partition coefficient (Wildman–Crippen LogP) is 3.66. The third kappa shape index (κ3) is 3.14. The summed E-state index contributed by atoms with van der Waals surface area (Å²) in [5.41, 5.74) is 2.16. The lowest BCUT2D eigenvalue weighted by Gasteiger charge is -2.39. The Kier molecular flexibility index (Phi) is 3.99. The van der Waals surface area contributed by atoms with Gasteiger partial charge < -0.3 is 9.64 Å². The van der Waals surface area contributed by atoms with Gasteiger partial charge >= 0.3 is 0 Å². The average Bonchev–Trinajstić information content (AvgIpc) is 3.05. The van der Waals surface area contributed by atoms with Gasteiger partial charge in [0.05, 0.1) is 12.8 Å². The second kappa shape index (κ2) is 6.31. The first-order valence-electron chi connectivity index (χ1n) is 8.47. The van der Waals surface area contributed by atoms with Crippen molar-refractivity contribution in [2.24, 2.45) is 0 Å². The second-order valence-electron chi connectivity index (χ2n) is 6.70. The van der Waals surface area contributed by atoms with Gasteiger partial charge in [0.2, 0.25) is 0 Å². The molecule has 1 amide bonds. The van der Waals surface area contributed by atoms with Crippen LogP contribution in [-0.4, -0.2) is 34.5 Å². The van der Waals surface area contributed by atoms with Crippen LogP contribution in [0.15, 0.2) is 55.1 Å². The average molecular weight is 338 g/mol. The highest BCUT2D eigenvalue weighted by molar-refractivity contribution is 5.94. The van der Waals surface area contributed by atoms with Crippen LogP contribution in [0.1, 0.15) is 35.2 Å². The minimum absolute atomic E-state index is 0.142. The maximum Gasteiger partial charge on any atom is 0.254 e. The molecule has 2 aliphatic rings. The third-order valence-corrected chi connectivity index (χ3v) is 4.89. The molecular formula is C20H19FN2O2. The second-order valence-corrected chi connectivity index (χ2v) is 6.70. The van der Waals surface area contributed by atoms with E-state index in [1.807, 2.05) is 18.3 Å². The number of aromatic nitrogens is 1. The van der Waals surface area contributed by atoms with Gasteiger partial charge in [-0.15, -0.1) is 0 Å². The lowest BCUT2D eigenvalue weighted by Crippen LogP contribution is -2.50. The summed E-state index contributed by atoms with van der Waals surface area (Å²) in [6.07, 6.45) is 7.90. The van der Waals surface area contributed by atoms with Crippen LogP contribution in [0.4, 0.5) is 4.39 Å². The standard InChI is InChI=1S/C20H19FN2O2/c21-18-6-1-4-15(10-18)19(24)23-9-3-7-20(14-23)11-17(13-25-20)16-5-2-8-22-12-16/h1-2,4-6,8,10,12-13H,3,7,9,11,14H2. The van der Waals surface area contributed by atoms with Crippen molar-refractivity contribution in [1.82, 2.24) is 9.88 Å². The number of ether oxygens (including phenoxy) is 1. The Morgan fingerprint density at radius 2 is 2.20 bits per heavy atom. The van der Waals surface area contributed by atoms with Crippen molar-refractivity contribution in [3.8, 4) is 0 Å². The highest BCUT2D eigenvalue weighted by Crippen LogP contribution is 2.40. The molecule has 2 aromatic rings. The van der Waals surface area contributed by atoms with Crippen molar-refractivity contribution in [2.75, 3.05) is 13.1 Å². The fourth-order valence-corrected chi connectivity index (χ4v) is 3.67. The summed E-state index contributed by atoms with van der Waals surface area (Å²) >= 11 is 0. The monoisotopic (exact) mass is 338 g/mol. The molecule has 1 aromatic carbocycles. The SMILES string of the molecule is O=C(c1cccc(F)c1)N1CCCC2(CC(c3cccnc3)=CO2)C1. The summed E-state index contributed by atoms with van der Waals surface area (Å²) < 4.78 is 19.4. The zero-order valence-electron chi connectivity index (χ0n) is 13.8. The van der Waals surface area contributed by atoms with Gasteiger partial charge in [0.25, 0.3) is 5.91 Å². The molecule has 0 saturated carbocycles. The van der Waals surface area contributed by atoms with E-state index in [0.717, 1.165) is 30.4 Å². The van der Waals surface area contributed by atoms with Crippen LogP contribution in [0.5, 0.6) is 0 Å². The van der Waals surface area contributed by atoms with Gasteiger partial charge in [-0.25, -0.2) is 4.39 Å². The van der Waals surface area contributed by atoms with E-state index >= 15 is 0 Å². The number of carbonyl (C=O) groups excluding carboxylic acids is 1. The molecule has 1 saturated heterocycles. The first kappa shape index (κ1) is 15.8. The number of rotatable bonds is 2. The van der Waals surface area contributed by atoms with E-state index in [1.54, 1.807) is 29.5 Å². The number of halogens is 1. The number of piperidine rings is 1. The number of likely N-dealkylation sites (tertiary alicyclic amines) is 1. The predicted molar refractivity (Wildman–Crippen MR) is 92.2 cm³/mol. The molecule has 25 heavy (non-hydrogen) atoms. The van der Waals surface area contributed by atoms with E-state index in [4.69, 9.17) is 4.74 Å². The third-order valence-electron chi connectivity index (χ3n) is 4.89. The molecule has 0 bridgehead atoms. The van der Waals surface area contributed by atoms with Crippen molar-refractivity contribution in [3.05, 3.63) is 72.0 Å². The summed E-state index contributed by atoms with van der Waals surface area (Å²) in [6.45, 7) is 1.19. The van der Waals surface area contributed by atoms with Crippen LogP contribution in [0.25, 0.3) is 5.57 Å². The van der Waals surface area contributed by atoms with Crippen molar-refractivity contribution in [3.63, 3.8) is 0 Å². The molecule has 1 spiro atoms. The molecule has 5 heteroatoms. The van der Waals surface area contributed by atoms with E-state index in [0.29, 0.717) is 18.7 Å². The van der Waals surface area contributed by atoms with E-state index in [1.165, 1.54) is 12.1 Å². The fourth-order valence-electron chi connectivity index (χ4n) is 3.67. The number of nitrogens with zero attached hydrogens (tertiary/aromatic N) is 2. The molecule has 2 aliphatic heterocycles. The minimum Gasteiger partial charge on any atom is -0.492 e. The number of carbonyl (C=O) groups is 1. The first-order chi connectivity index (χ1) is 12.2. The molecule has 4 rings (SSSR count). The van der Waals surface area contributed by atoms with Gasteiger partial charge in [0.15, 0.2) is 0 Å². The maximum absolute atomic E-state index is 13.4. The van der Waals surface area contributed by atoms with Crippen LogP contribution in [0.2, 0.25) is 0 Å². The lowest BCUT2D eigenvalue weighted by atomic mass is 9.86. The maximum atomic E-state index is 13.4. The van der Waals surface area contributed by atoms with Gasteiger partial charge in [-0.05, 0) is 48.2 Å². The van der Waals surface area contributed by atoms with Gasteiger partial charge in [-0.3, -0.25) is 9.78 Å². The lowest BCUT2D eigenvalue weighted by molar-refractivity contribution is -0.0190. The molecule has 1 atom stereocenters. The zero-order valence-corrected chi connectivity index (χ0v) is 13.8. The highest BCUT2D eigenvalue weighted by atomic mass is 19.1. The van der Waals surface area contributed by atoms with Crippen molar-refractivity contribution >= 4 is 11.5 Å². The van der Waals surface area contributed by atoms with Gasteiger partial charge in [0, 0.05) is 30.9 Å². The smallest absolute Gasteiger partial charge is 0.254 e. The van der Waals surface area contributed by atoms with Crippen molar-refractivity contribution in [1.29, 1.82) is 0 Å². The number of hydrogen-bond acceptors (Lipinski definition) is 3. The Morgan fingerprint density at radius 1 is 1.28 bits per heavy atom. The van der Waals surface area contributed by atoms with Crippen molar-refractivity contribution < 1.29 is 13.9 Å². The summed E-state index contributed by atoms with van der Waals surface area (Å²) in [4.78, 5) is 18.7. The number of hydrogen-bond donors (Lipinski definition) is 0. The largest absolute Gasteiger partial charge is 0.492 e. The zero-order chi connectivity index (χ0) is 17.3. The van der Waals surface area contributed by atoms with Crippen LogP contribution in [0.3, 0.4) is 0 Å². The molecule has 0 radical (unpaired) electrons. The van der Waals surface area contributed by atoms with E-state index in [-0.39, 0.29) is 11.5 Å². The Balaban J connectivity index is 1.49.